The highest BCUT2D eigenvalue weighted by atomic mass is 32.1. The molecule has 0 aliphatic carbocycles. The fourth-order valence-corrected chi connectivity index (χ4v) is 1.90. The van der Waals surface area contributed by atoms with Crippen molar-refractivity contribution in [3.8, 4) is 0 Å². The summed E-state index contributed by atoms with van der Waals surface area (Å²) >= 11 is 4.95. The molecule has 2 heterocycles. The SMILES string of the molecule is CCc1cc(Cn2ccnc2C(N)=S)n(C)n1. The van der Waals surface area contributed by atoms with Crippen LogP contribution in [-0.4, -0.2) is 24.3 Å². The zero-order chi connectivity index (χ0) is 12.4. The van der Waals surface area contributed by atoms with Crippen LogP contribution >= 0.6 is 12.2 Å². The summed E-state index contributed by atoms with van der Waals surface area (Å²) < 4.78 is 3.81. The Kier molecular flexibility index (Phi) is 3.23. The van der Waals surface area contributed by atoms with E-state index in [0.717, 1.165) is 17.8 Å². The van der Waals surface area contributed by atoms with Crippen LogP contribution < -0.4 is 5.73 Å². The van der Waals surface area contributed by atoms with Crippen molar-refractivity contribution in [2.45, 2.75) is 19.9 Å². The van der Waals surface area contributed by atoms with Gasteiger partial charge in [-0.2, -0.15) is 5.10 Å². The van der Waals surface area contributed by atoms with E-state index in [4.69, 9.17) is 18.0 Å². The molecule has 0 aliphatic rings. The van der Waals surface area contributed by atoms with Gasteiger partial charge in [-0.1, -0.05) is 19.1 Å². The number of hydrogen-bond acceptors (Lipinski definition) is 3. The maximum absolute atomic E-state index is 5.61. The molecule has 0 saturated carbocycles. The van der Waals surface area contributed by atoms with Crippen LogP contribution in [0.3, 0.4) is 0 Å². The molecule has 0 amide bonds. The summed E-state index contributed by atoms with van der Waals surface area (Å²) in [6, 6.07) is 2.09. The lowest BCUT2D eigenvalue weighted by Gasteiger charge is -2.06. The van der Waals surface area contributed by atoms with Crippen molar-refractivity contribution in [1.82, 2.24) is 19.3 Å². The molecular weight excluding hydrogens is 234 g/mol. The first-order valence-corrected chi connectivity index (χ1v) is 5.85. The molecule has 90 valence electrons. The summed E-state index contributed by atoms with van der Waals surface area (Å²) in [5, 5.41) is 4.40. The molecule has 6 heteroatoms. The van der Waals surface area contributed by atoms with E-state index in [1.807, 2.05) is 22.5 Å². The lowest BCUT2D eigenvalue weighted by molar-refractivity contribution is 0.658. The van der Waals surface area contributed by atoms with Gasteiger partial charge in [-0.3, -0.25) is 4.68 Å². The van der Waals surface area contributed by atoms with Gasteiger partial charge in [0.25, 0.3) is 0 Å². The summed E-state index contributed by atoms with van der Waals surface area (Å²) in [7, 11) is 1.94. The molecule has 2 aromatic heterocycles. The first-order chi connectivity index (χ1) is 8.11. The Morgan fingerprint density at radius 2 is 2.29 bits per heavy atom. The third-order valence-electron chi connectivity index (χ3n) is 2.66. The number of imidazole rings is 1. The Hall–Kier alpha value is -1.69. The molecule has 0 fully saturated rings. The third-order valence-corrected chi connectivity index (χ3v) is 2.84. The van der Waals surface area contributed by atoms with Crippen LogP contribution in [0.1, 0.15) is 24.1 Å². The lowest BCUT2D eigenvalue weighted by atomic mass is 10.3. The topological polar surface area (TPSA) is 61.7 Å². The predicted octanol–water partition coefficient (Wildman–Crippen LogP) is 0.862. The fourth-order valence-electron chi connectivity index (χ4n) is 1.73. The average Bonchev–Trinajstić information content (AvgIpc) is 2.87. The third kappa shape index (κ3) is 2.36. The number of aromatic nitrogens is 4. The van der Waals surface area contributed by atoms with E-state index in [1.165, 1.54) is 0 Å². The number of thiocarbonyl (C=S) groups is 1. The van der Waals surface area contributed by atoms with E-state index in [9.17, 15) is 0 Å². The number of aryl methyl sites for hydroxylation is 2. The van der Waals surface area contributed by atoms with Gasteiger partial charge in [0.1, 0.15) is 4.99 Å². The maximum atomic E-state index is 5.61. The first-order valence-electron chi connectivity index (χ1n) is 5.44. The summed E-state index contributed by atoms with van der Waals surface area (Å²) in [5.74, 6) is 0.638. The van der Waals surface area contributed by atoms with Crippen molar-refractivity contribution < 1.29 is 0 Å². The molecule has 0 unspecified atom stereocenters. The van der Waals surface area contributed by atoms with E-state index in [-0.39, 0.29) is 0 Å². The molecule has 17 heavy (non-hydrogen) atoms. The second-order valence-electron chi connectivity index (χ2n) is 3.85. The van der Waals surface area contributed by atoms with Crippen molar-refractivity contribution >= 4 is 17.2 Å². The number of nitrogens with two attached hydrogens (primary N) is 1. The Morgan fingerprint density at radius 3 is 2.88 bits per heavy atom. The molecule has 2 aromatic rings. The average molecular weight is 249 g/mol. The van der Waals surface area contributed by atoms with Gasteiger partial charge in [-0.15, -0.1) is 0 Å². The quantitative estimate of drug-likeness (QED) is 0.816. The Morgan fingerprint density at radius 1 is 1.53 bits per heavy atom. The summed E-state index contributed by atoms with van der Waals surface area (Å²) in [5.41, 5.74) is 7.80. The largest absolute Gasteiger partial charge is 0.387 e. The molecule has 0 atom stereocenters. The normalized spacial score (nSPS) is 10.7. The van der Waals surface area contributed by atoms with Crippen LogP contribution in [-0.2, 0) is 20.0 Å². The summed E-state index contributed by atoms with van der Waals surface area (Å²) in [6.45, 7) is 2.76. The summed E-state index contributed by atoms with van der Waals surface area (Å²) in [4.78, 5) is 4.45. The summed E-state index contributed by atoms with van der Waals surface area (Å²) in [6.07, 6.45) is 4.50. The van der Waals surface area contributed by atoms with Crippen LogP contribution in [0, 0.1) is 0 Å². The van der Waals surface area contributed by atoms with E-state index in [2.05, 4.69) is 23.1 Å². The Bertz CT molecular complexity index is 540. The van der Waals surface area contributed by atoms with Gasteiger partial charge in [0.15, 0.2) is 5.82 Å². The molecule has 0 spiro atoms. The van der Waals surface area contributed by atoms with Gasteiger partial charge in [-0.25, -0.2) is 4.98 Å². The Balaban J connectivity index is 2.28. The highest BCUT2D eigenvalue weighted by molar-refractivity contribution is 7.80. The Labute approximate surface area is 105 Å². The molecule has 2 N–H and O–H groups in total. The van der Waals surface area contributed by atoms with Crippen molar-refractivity contribution in [2.75, 3.05) is 0 Å². The van der Waals surface area contributed by atoms with Gasteiger partial charge in [0.05, 0.1) is 17.9 Å². The zero-order valence-electron chi connectivity index (χ0n) is 9.92. The molecule has 0 aliphatic heterocycles. The van der Waals surface area contributed by atoms with Crippen LogP contribution in [0.25, 0.3) is 0 Å². The first kappa shape index (κ1) is 11.8. The van der Waals surface area contributed by atoms with Gasteiger partial charge >= 0.3 is 0 Å². The zero-order valence-corrected chi connectivity index (χ0v) is 10.7. The highest BCUT2D eigenvalue weighted by Gasteiger charge is 2.09. The van der Waals surface area contributed by atoms with Crippen molar-refractivity contribution in [1.29, 1.82) is 0 Å². The second-order valence-corrected chi connectivity index (χ2v) is 4.29. The fraction of sp³-hybridized carbons (Fsp3) is 0.364. The lowest BCUT2D eigenvalue weighted by Crippen LogP contribution is -2.18. The van der Waals surface area contributed by atoms with Gasteiger partial charge in [0.2, 0.25) is 0 Å². The number of rotatable bonds is 4. The standard InChI is InChI=1S/C11H15N5S/c1-3-8-6-9(15(2)14-8)7-16-5-4-13-11(16)10(12)17/h4-6H,3,7H2,1-2H3,(H2,12,17). The van der Waals surface area contributed by atoms with E-state index in [0.29, 0.717) is 17.4 Å². The molecule has 0 aromatic carbocycles. The predicted molar refractivity (Wildman–Crippen MR) is 69.8 cm³/mol. The minimum Gasteiger partial charge on any atom is -0.387 e. The van der Waals surface area contributed by atoms with Crippen molar-refractivity contribution in [3.63, 3.8) is 0 Å². The van der Waals surface area contributed by atoms with Crippen molar-refractivity contribution in [2.24, 2.45) is 12.8 Å². The molecule has 0 bridgehead atoms. The number of hydrogen-bond donors (Lipinski definition) is 1. The van der Waals surface area contributed by atoms with Crippen LogP contribution in [0.2, 0.25) is 0 Å². The van der Waals surface area contributed by atoms with Crippen LogP contribution in [0.5, 0.6) is 0 Å². The van der Waals surface area contributed by atoms with Crippen molar-refractivity contribution in [3.05, 3.63) is 35.7 Å². The second kappa shape index (κ2) is 4.67. The van der Waals surface area contributed by atoms with Gasteiger partial charge < -0.3 is 10.3 Å². The molecule has 0 saturated heterocycles. The molecule has 0 radical (unpaired) electrons. The highest BCUT2D eigenvalue weighted by Crippen LogP contribution is 2.08. The molecular formula is C11H15N5S. The van der Waals surface area contributed by atoms with Crippen LogP contribution in [0.4, 0.5) is 0 Å². The van der Waals surface area contributed by atoms with E-state index >= 15 is 0 Å². The van der Waals surface area contributed by atoms with Gasteiger partial charge in [-0.05, 0) is 12.5 Å². The minimum absolute atomic E-state index is 0.313. The molecule has 5 nitrogen and oxygen atoms in total. The van der Waals surface area contributed by atoms with E-state index in [1.54, 1.807) is 6.20 Å². The molecule has 2 rings (SSSR count). The monoisotopic (exact) mass is 249 g/mol. The van der Waals surface area contributed by atoms with Crippen LogP contribution in [0.15, 0.2) is 18.5 Å². The van der Waals surface area contributed by atoms with Gasteiger partial charge in [0, 0.05) is 19.4 Å². The maximum Gasteiger partial charge on any atom is 0.167 e. The number of nitrogens with zero attached hydrogens (tertiary/aromatic N) is 4. The smallest absolute Gasteiger partial charge is 0.167 e. The minimum atomic E-state index is 0.313. The van der Waals surface area contributed by atoms with E-state index < -0.39 is 0 Å².